The maximum Gasteiger partial charge on any atom is 0.141 e. The number of fused-ring (bicyclic) bond motifs is 12. The zero-order valence-electron chi connectivity index (χ0n) is 26.7. The first-order valence-corrected chi connectivity index (χ1v) is 16.9. The Balaban J connectivity index is 1.14. The number of hydrogen-bond acceptors (Lipinski definition) is 4. The number of aliphatic hydroxyl groups is 2. The van der Waals surface area contributed by atoms with Crippen molar-refractivity contribution < 1.29 is 19.0 Å². The molecule has 1 aliphatic rings. The lowest BCUT2D eigenvalue weighted by Crippen LogP contribution is -2.44. The molecule has 0 fully saturated rings. The fraction of sp³-hybridized carbons (Fsp3) is 0.0435. The first kappa shape index (κ1) is 27.7. The van der Waals surface area contributed by atoms with Crippen LogP contribution in [0, 0.1) is 0 Å². The van der Waals surface area contributed by atoms with E-state index in [4.69, 9.17) is 8.83 Å². The van der Waals surface area contributed by atoms with Gasteiger partial charge in [-0.2, -0.15) is 0 Å². The van der Waals surface area contributed by atoms with Crippen molar-refractivity contribution in [3.63, 3.8) is 0 Å². The van der Waals surface area contributed by atoms with E-state index >= 15 is 0 Å². The van der Waals surface area contributed by atoms with Gasteiger partial charge in [0.15, 0.2) is 0 Å². The summed E-state index contributed by atoms with van der Waals surface area (Å²) >= 11 is 0. The Morgan fingerprint density at radius 2 is 0.720 bits per heavy atom. The summed E-state index contributed by atoms with van der Waals surface area (Å²) in [5, 5.41) is 34.9. The Bertz CT molecular complexity index is 2780. The van der Waals surface area contributed by atoms with Gasteiger partial charge in [-0.1, -0.05) is 133 Å². The van der Waals surface area contributed by atoms with E-state index in [-0.39, 0.29) is 0 Å². The van der Waals surface area contributed by atoms with Crippen molar-refractivity contribution in [2.45, 2.75) is 11.2 Å². The lowest BCUT2D eigenvalue weighted by atomic mass is 9.63. The fourth-order valence-electron chi connectivity index (χ4n) is 8.68. The van der Waals surface area contributed by atoms with Crippen molar-refractivity contribution in [2.24, 2.45) is 0 Å². The van der Waals surface area contributed by atoms with Crippen LogP contribution < -0.4 is 0 Å². The molecular weight excluding hydrogens is 617 g/mol. The van der Waals surface area contributed by atoms with E-state index < -0.39 is 11.2 Å². The molecule has 4 nitrogen and oxygen atoms in total. The summed E-state index contributed by atoms with van der Waals surface area (Å²) in [6.45, 7) is 0. The van der Waals surface area contributed by atoms with Gasteiger partial charge < -0.3 is 19.0 Å². The number of furan rings is 2. The van der Waals surface area contributed by atoms with Crippen molar-refractivity contribution in [3.05, 3.63) is 191 Å². The molecule has 10 aromatic rings. The highest BCUT2D eigenvalue weighted by Crippen LogP contribution is 2.54. The van der Waals surface area contributed by atoms with Gasteiger partial charge in [-0.25, -0.2) is 0 Å². The molecule has 0 saturated carbocycles. The van der Waals surface area contributed by atoms with E-state index in [0.29, 0.717) is 44.5 Å². The molecule has 0 aliphatic heterocycles. The quantitative estimate of drug-likeness (QED) is 0.197. The molecule has 0 spiro atoms. The molecule has 11 rings (SSSR count). The molecule has 236 valence electrons. The Morgan fingerprint density at radius 1 is 0.340 bits per heavy atom. The number of hydrogen-bond donors (Lipinski definition) is 2. The molecule has 2 N–H and O–H groups in total. The van der Waals surface area contributed by atoms with Crippen LogP contribution in [0.1, 0.15) is 33.4 Å². The molecule has 0 atom stereocenters. The molecule has 2 heterocycles. The van der Waals surface area contributed by atoms with Crippen LogP contribution in [-0.4, -0.2) is 10.2 Å². The molecule has 50 heavy (non-hydrogen) atoms. The third-order valence-electron chi connectivity index (χ3n) is 11.0. The predicted molar refractivity (Wildman–Crippen MR) is 200 cm³/mol. The number of benzene rings is 8. The van der Waals surface area contributed by atoms with Gasteiger partial charge in [0.2, 0.25) is 0 Å². The minimum atomic E-state index is -1.57. The summed E-state index contributed by atoms with van der Waals surface area (Å²) in [6.07, 6.45) is 0. The van der Waals surface area contributed by atoms with Gasteiger partial charge in [0.1, 0.15) is 33.5 Å². The largest absolute Gasteiger partial charge is 0.456 e. The molecule has 1 aliphatic carbocycles. The third kappa shape index (κ3) is 3.46. The first-order chi connectivity index (χ1) is 24.5. The molecule has 0 amide bonds. The maximum atomic E-state index is 13.1. The van der Waals surface area contributed by atoms with Crippen LogP contribution in [0.15, 0.2) is 167 Å². The molecule has 8 aromatic carbocycles. The molecule has 2 aromatic heterocycles. The van der Waals surface area contributed by atoms with Crippen molar-refractivity contribution in [3.8, 4) is 0 Å². The Labute approximate surface area is 286 Å². The monoisotopic (exact) mass is 644 g/mol. The topological polar surface area (TPSA) is 66.7 Å². The van der Waals surface area contributed by atoms with Crippen LogP contribution in [-0.2, 0) is 11.2 Å². The normalized spacial score (nSPS) is 18.8. The molecule has 0 unspecified atom stereocenters. The second-order valence-electron chi connectivity index (χ2n) is 13.5. The minimum absolute atomic E-state index is 0.609. The summed E-state index contributed by atoms with van der Waals surface area (Å²) < 4.78 is 12.9. The van der Waals surface area contributed by atoms with Gasteiger partial charge in [0.25, 0.3) is 0 Å². The van der Waals surface area contributed by atoms with E-state index in [9.17, 15) is 10.2 Å². The number of rotatable bonds is 2. The van der Waals surface area contributed by atoms with Crippen LogP contribution in [0.25, 0.3) is 65.4 Å². The van der Waals surface area contributed by atoms with Gasteiger partial charge in [-0.3, -0.25) is 0 Å². The van der Waals surface area contributed by atoms with Gasteiger partial charge in [0.05, 0.1) is 0 Å². The molecule has 4 heteroatoms. The van der Waals surface area contributed by atoms with E-state index in [1.54, 1.807) is 0 Å². The summed E-state index contributed by atoms with van der Waals surface area (Å²) in [4.78, 5) is 0. The van der Waals surface area contributed by atoms with Crippen LogP contribution in [0.4, 0.5) is 0 Å². The lowest BCUT2D eigenvalue weighted by Gasteiger charge is -2.45. The molecular formula is C46H28O4. The van der Waals surface area contributed by atoms with E-state index in [1.807, 2.05) is 121 Å². The Morgan fingerprint density at radius 3 is 1.14 bits per heavy atom. The van der Waals surface area contributed by atoms with E-state index in [2.05, 4.69) is 36.4 Å². The predicted octanol–water partition coefficient (Wildman–Crippen LogP) is 10.7. The molecule has 0 saturated heterocycles. The van der Waals surface area contributed by atoms with E-state index in [0.717, 1.165) is 54.3 Å². The zero-order chi connectivity index (χ0) is 33.2. The first-order valence-electron chi connectivity index (χ1n) is 16.9. The smallest absolute Gasteiger partial charge is 0.141 e. The maximum absolute atomic E-state index is 13.1. The average molecular weight is 645 g/mol. The zero-order valence-corrected chi connectivity index (χ0v) is 26.7. The van der Waals surface area contributed by atoms with Crippen molar-refractivity contribution in [2.75, 3.05) is 0 Å². The standard InChI is InChI=1S/C46H28O4/c47-45(29-19-21-33-41(25-29)49-39-23-17-27-9-1-3-11-31(27)43(33)39)35-13-5-7-15-37(35)46(48,38-16-8-6-14-36(38)45)30-20-22-34-42(26-30)50-40-24-18-28-10-2-4-12-32(28)44(34)40/h1-26,47-48H. The fourth-order valence-corrected chi connectivity index (χ4v) is 8.68. The Hall–Kier alpha value is -6.20. The third-order valence-corrected chi connectivity index (χ3v) is 11.0. The Kier molecular flexibility index (Phi) is 5.38. The highest BCUT2D eigenvalue weighted by molar-refractivity contribution is 6.19. The average Bonchev–Trinajstić information content (AvgIpc) is 3.75. The van der Waals surface area contributed by atoms with Crippen LogP contribution in [0.5, 0.6) is 0 Å². The summed E-state index contributed by atoms with van der Waals surface area (Å²) in [5.74, 6) is 0. The van der Waals surface area contributed by atoms with Crippen molar-refractivity contribution >= 4 is 65.4 Å². The highest BCUT2D eigenvalue weighted by Gasteiger charge is 2.51. The van der Waals surface area contributed by atoms with E-state index in [1.165, 1.54) is 0 Å². The van der Waals surface area contributed by atoms with Crippen LogP contribution in [0.3, 0.4) is 0 Å². The SMILES string of the molecule is OC1(c2ccc3c(c2)oc2ccc4ccccc4c23)c2ccccc2C(O)(c2ccc3c(c2)oc2ccc4ccccc4c23)c2ccccc21. The van der Waals surface area contributed by atoms with Crippen molar-refractivity contribution in [1.82, 2.24) is 0 Å². The second kappa shape index (κ2) is 9.70. The van der Waals surface area contributed by atoms with Gasteiger partial charge >= 0.3 is 0 Å². The highest BCUT2D eigenvalue weighted by atomic mass is 16.3. The van der Waals surface area contributed by atoms with Crippen LogP contribution in [0.2, 0.25) is 0 Å². The molecule has 0 radical (unpaired) electrons. The van der Waals surface area contributed by atoms with Gasteiger partial charge in [0, 0.05) is 21.5 Å². The summed E-state index contributed by atoms with van der Waals surface area (Å²) in [7, 11) is 0. The minimum Gasteiger partial charge on any atom is -0.456 e. The van der Waals surface area contributed by atoms with Crippen molar-refractivity contribution in [1.29, 1.82) is 0 Å². The summed E-state index contributed by atoms with van der Waals surface area (Å²) in [6, 6.07) is 52.1. The summed E-state index contributed by atoms with van der Waals surface area (Å²) in [5.41, 5.74) is 3.61. The molecule has 0 bridgehead atoms. The lowest BCUT2D eigenvalue weighted by molar-refractivity contribution is 0.0748. The van der Waals surface area contributed by atoms with Crippen LogP contribution >= 0.6 is 0 Å². The second-order valence-corrected chi connectivity index (χ2v) is 13.5. The van der Waals surface area contributed by atoms with Gasteiger partial charge in [-0.15, -0.1) is 0 Å². The van der Waals surface area contributed by atoms with Gasteiger partial charge in [-0.05, 0) is 79.2 Å².